The number of carbonyl (C=O) groups is 2. The molecule has 3 aliphatic rings. The molecule has 228 valence electrons. The number of amidine groups is 1. The second kappa shape index (κ2) is 10.1. The van der Waals surface area contributed by atoms with Crippen LogP contribution in [0.4, 0.5) is 15.0 Å². The van der Waals surface area contributed by atoms with Crippen LogP contribution in [0.3, 0.4) is 0 Å². The minimum Gasteiger partial charge on any atom is -0.444 e. The first kappa shape index (κ1) is 30.5. The number of anilines is 1. The van der Waals surface area contributed by atoms with Gasteiger partial charge in [-0.3, -0.25) is 15.1 Å². The lowest BCUT2D eigenvalue weighted by atomic mass is 9.84. The van der Waals surface area contributed by atoms with Gasteiger partial charge in [-0.1, -0.05) is 0 Å². The van der Waals surface area contributed by atoms with Gasteiger partial charge in [-0.25, -0.2) is 27.7 Å². The average Bonchev–Trinajstić information content (AvgIpc) is 3.67. The van der Waals surface area contributed by atoms with Crippen molar-refractivity contribution in [1.29, 1.82) is 5.26 Å². The summed E-state index contributed by atoms with van der Waals surface area (Å²) in [6.07, 6.45) is 2.87. The number of halogens is 1. The van der Waals surface area contributed by atoms with Crippen molar-refractivity contribution in [2.75, 3.05) is 11.9 Å². The molecule has 2 aliphatic heterocycles. The first-order valence-electron chi connectivity index (χ1n) is 14.1. The molecular weight excluding hydrogens is 573 g/mol. The smallest absolute Gasteiger partial charge is 0.413 e. The van der Waals surface area contributed by atoms with E-state index in [0.717, 1.165) is 12.8 Å². The summed E-state index contributed by atoms with van der Waals surface area (Å²) in [6.45, 7) is 12.3. The Morgan fingerprint density at radius 2 is 1.88 bits per heavy atom. The highest BCUT2D eigenvalue weighted by molar-refractivity contribution is 7.96. The summed E-state index contributed by atoms with van der Waals surface area (Å²) in [6, 6.07) is 6.02. The van der Waals surface area contributed by atoms with Crippen LogP contribution in [0.15, 0.2) is 33.8 Å². The topological polar surface area (TPSA) is 159 Å². The van der Waals surface area contributed by atoms with Crippen LogP contribution in [0.1, 0.15) is 88.1 Å². The molecule has 1 aliphatic carbocycles. The number of hydrogen-bond donors (Lipinski definition) is 2. The number of alkyl carbamates (subject to hydrolysis) is 1. The number of fused-ring (bicyclic) bond motifs is 1. The molecule has 0 radical (unpaired) electrons. The van der Waals surface area contributed by atoms with Gasteiger partial charge in [0, 0.05) is 6.20 Å². The molecule has 1 spiro atoms. The summed E-state index contributed by atoms with van der Waals surface area (Å²) in [7, 11) is -3.15. The standard InChI is InChI=1S/C30H36FN7O4S/c1-17-12-18(14-32)15-33-22(17)24(39)36-21-9-8-19(31)23(35-21)29(7)20-13-30(10-11-30)16-34-43(20,41)28(5,6)25(38-29)37-26(40)42-27(2,3)4/h8-9,12,15,20H,10-11,13,16H2,1-7H3,(H,35,36,39)(H,37,38,40)/t20-,29+,43-/m1/s1. The predicted molar refractivity (Wildman–Crippen MR) is 160 cm³/mol. The fourth-order valence-corrected chi connectivity index (χ4v) is 9.16. The maximum absolute atomic E-state index is 15.8. The highest BCUT2D eigenvalue weighted by Crippen LogP contribution is 2.59. The summed E-state index contributed by atoms with van der Waals surface area (Å²) in [5.74, 6) is -1.19. The van der Waals surface area contributed by atoms with Crippen LogP contribution in [-0.2, 0) is 20.0 Å². The molecule has 2 aromatic rings. The molecule has 5 rings (SSSR count). The molecule has 11 nitrogen and oxygen atoms in total. The van der Waals surface area contributed by atoms with Gasteiger partial charge in [0.15, 0.2) is 0 Å². The van der Waals surface area contributed by atoms with Gasteiger partial charge in [0.25, 0.3) is 5.91 Å². The van der Waals surface area contributed by atoms with Crippen molar-refractivity contribution >= 4 is 33.4 Å². The highest BCUT2D eigenvalue weighted by atomic mass is 32.2. The van der Waals surface area contributed by atoms with E-state index in [2.05, 4.69) is 20.6 Å². The number of hydrogen-bond acceptors (Lipinski definition) is 9. The first-order chi connectivity index (χ1) is 19.9. The lowest BCUT2D eigenvalue weighted by Gasteiger charge is -2.49. The van der Waals surface area contributed by atoms with Crippen LogP contribution in [0.25, 0.3) is 0 Å². The largest absolute Gasteiger partial charge is 0.444 e. The van der Waals surface area contributed by atoms with E-state index in [0.29, 0.717) is 24.1 Å². The van der Waals surface area contributed by atoms with E-state index in [1.165, 1.54) is 18.3 Å². The fourth-order valence-electron chi connectivity index (χ4n) is 5.74. The van der Waals surface area contributed by atoms with Gasteiger partial charge in [-0.05, 0) is 96.9 Å². The normalized spacial score (nSPS) is 26.7. The Morgan fingerprint density at radius 3 is 2.49 bits per heavy atom. The number of aryl methyl sites for hydroxylation is 1. The van der Waals surface area contributed by atoms with Gasteiger partial charge < -0.3 is 10.1 Å². The third-order valence-corrected chi connectivity index (χ3v) is 12.0. The molecule has 0 unspecified atom stereocenters. The van der Waals surface area contributed by atoms with E-state index in [9.17, 15) is 13.8 Å². The quantitative estimate of drug-likeness (QED) is 0.495. The molecule has 2 aromatic heterocycles. The van der Waals surface area contributed by atoms with Gasteiger partial charge in [0.1, 0.15) is 50.8 Å². The van der Waals surface area contributed by atoms with Crippen molar-refractivity contribution in [3.8, 4) is 6.07 Å². The Kier molecular flexibility index (Phi) is 7.16. The summed E-state index contributed by atoms with van der Waals surface area (Å²) in [4.78, 5) is 39.5. The lowest BCUT2D eigenvalue weighted by molar-refractivity contribution is 0.0560. The van der Waals surface area contributed by atoms with Crippen molar-refractivity contribution in [3.05, 3.63) is 52.7 Å². The van der Waals surface area contributed by atoms with Gasteiger partial charge in [0.05, 0.1) is 27.1 Å². The van der Waals surface area contributed by atoms with Gasteiger partial charge in [-0.2, -0.15) is 5.26 Å². The molecule has 1 fully saturated rings. The minimum atomic E-state index is -3.15. The number of nitriles is 1. The minimum absolute atomic E-state index is 0.0373. The second-order valence-corrected chi connectivity index (χ2v) is 16.3. The summed E-state index contributed by atoms with van der Waals surface area (Å²) < 4.78 is 39.8. The zero-order valence-electron chi connectivity index (χ0n) is 25.4. The molecule has 0 bridgehead atoms. The number of amides is 2. The van der Waals surface area contributed by atoms with Crippen LogP contribution >= 0.6 is 0 Å². The van der Waals surface area contributed by atoms with E-state index < -0.39 is 48.7 Å². The van der Waals surface area contributed by atoms with Crippen molar-refractivity contribution < 1.29 is 22.9 Å². The number of pyridine rings is 2. The molecule has 3 atom stereocenters. The molecule has 0 aromatic carbocycles. The SMILES string of the molecule is Cc1cc(C#N)cnc1C(=O)Nc1ccc(F)c([C@@]2(C)N=C(NC(=O)OC(C)(C)C)C(C)(C)[S@@]3(=O)=NCC4(CC4)C[C@H]23)n1. The van der Waals surface area contributed by atoms with E-state index in [1.807, 2.05) is 6.07 Å². The third-order valence-electron chi connectivity index (χ3n) is 8.43. The number of aliphatic imine (C=N–C) groups is 1. The predicted octanol–water partition coefficient (Wildman–Crippen LogP) is 5.00. The Hall–Kier alpha value is -3.92. The number of carbonyl (C=O) groups excluding carboxylic acids is 2. The lowest BCUT2D eigenvalue weighted by Crippen LogP contribution is -2.63. The Balaban J connectivity index is 1.60. The number of aromatic nitrogens is 2. The van der Waals surface area contributed by atoms with Gasteiger partial charge >= 0.3 is 6.09 Å². The first-order valence-corrected chi connectivity index (χ1v) is 15.7. The zero-order valence-corrected chi connectivity index (χ0v) is 26.2. The number of rotatable bonds is 3. The summed E-state index contributed by atoms with van der Waals surface area (Å²) in [5, 5.41) is 13.7. The van der Waals surface area contributed by atoms with Crippen LogP contribution in [-0.4, -0.2) is 54.2 Å². The number of ether oxygens (including phenoxy) is 1. The molecular formula is C30H36FN7O4S. The van der Waals surface area contributed by atoms with Gasteiger partial charge in [-0.15, -0.1) is 0 Å². The monoisotopic (exact) mass is 609 g/mol. The van der Waals surface area contributed by atoms with E-state index in [4.69, 9.17) is 19.4 Å². The summed E-state index contributed by atoms with van der Waals surface area (Å²) >= 11 is 0. The van der Waals surface area contributed by atoms with Crippen LogP contribution in [0.5, 0.6) is 0 Å². The zero-order chi connectivity index (χ0) is 31.6. The fraction of sp³-hybridized carbons (Fsp3) is 0.533. The molecule has 13 heteroatoms. The molecule has 0 saturated heterocycles. The van der Waals surface area contributed by atoms with Gasteiger partial charge in [0.2, 0.25) is 0 Å². The molecule has 43 heavy (non-hydrogen) atoms. The van der Waals surface area contributed by atoms with E-state index in [1.54, 1.807) is 54.5 Å². The van der Waals surface area contributed by atoms with E-state index in [-0.39, 0.29) is 28.5 Å². The molecule has 2 amide bonds. The number of nitrogens with zero attached hydrogens (tertiary/aromatic N) is 5. The van der Waals surface area contributed by atoms with Crippen molar-refractivity contribution in [2.45, 2.75) is 88.9 Å². The Bertz CT molecular complexity index is 1730. The van der Waals surface area contributed by atoms with Crippen molar-refractivity contribution in [2.24, 2.45) is 14.8 Å². The maximum Gasteiger partial charge on any atom is 0.413 e. The van der Waals surface area contributed by atoms with Crippen LogP contribution < -0.4 is 10.6 Å². The summed E-state index contributed by atoms with van der Waals surface area (Å²) in [5.41, 5.74) is -1.66. The average molecular weight is 610 g/mol. The van der Waals surface area contributed by atoms with Crippen molar-refractivity contribution in [1.82, 2.24) is 15.3 Å². The maximum atomic E-state index is 15.8. The molecule has 2 N–H and O–H groups in total. The molecule has 1 saturated carbocycles. The Morgan fingerprint density at radius 1 is 1.19 bits per heavy atom. The van der Waals surface area contributed by atoms with Crippen LogP contribution in [0, 0.1) is 29.5 Å². The molecule has 4 heterocycles. The van der Waals surface area contributed by atoms with E-state index >= 15 is 4.39 Å². The third kappa shape index (κ3) is 5.37. The highest BCUT2D eigenvalue weighted by Gasteiger charge is 2.62. The van der Waals surface area contributed by atoms with Crippen molar-refractivity contribution in [3.63, 3.8) is 0 Å². The second-order valence-electron chi connectivity index (χ2n) is 13.3. The Labute approximate surface area is 250 Å². The van der Waals surface area contributed by atoms with Crippen LogP contribution in [0.2, 0.25) is 0 Å². The number of nitrogens with one attached hydrogen (secondary N) is 2.